The normalized spacial score (nSPS) is 17.8. The standard InChI is InChI=1S/C18H20FN3O4S.ClH/c1-12-8-16(22(23)24)10-18(13(12)2)27(25,26)21-7-6-20-11-17(21)14-4-3-5-15(19)9-14;/h3-5,8-10,17,20H,6-7,11H2,1-2H3;1H. The number of benzene rings is 2. The minimum atomic E-state index is -4.01. The largest absolute Gasteiger partial charge is 0.313 e. The molecule has 1 fully saturated rings. The zero-order chi connectivity index (χ0) is 19.8. The van der Waals surface area contributed by atoms with Crippen LogP contribution < -0.4 is 5.32 Å². The Morgan fingerprint density at radius 2 is 1.96 bits per heavy atom. The topological polar surface area (TPSA) is 92.5 Å². The third-order valence-corrected chi connectivity index (χ3v) is 6.86. The van der Waals surface area contributed by atoms with Crippen LogP contribution in [0.3, 0.4) is 0 Å². The predicted molar refractivity (Wildman–Crippen MR) is 106 cm³/mol. The molecule has 28 heavy (non-hydrogen) atoms. The van der Waals surface area contributed by atoms with Gasteiger partial charge in [-0.05, 0) is 42.7 Å². The molecule has 0 aliphatic carbocycles. The maximum absolute atomic E-state index is 13.7. The number of nitrogens with one attached hydrogen (secondary N) is 1. The SMILES string of the molecule is Cc1cc([N+](=O)[O-])cc(S(=O)(=O)N2CCNCC2c2cccc(F)c2)c1C.Cl. The lowest BCUT2D eigenvalue weighted by Crippen LogP contribution is -2.48. The van der Waals surface area contributed by atoms with E-state index in [9.17, 15) is 22.9 Å². The van der Waals surface area contributed by atoms with Crippen molar-refractivity contribution in [3.05, 3.63) is 69.0 Å². The summed E-state index contributed by atoms with van der Waals surface area (Å²) in [4.78, 5) is 10.5. The van der Waals surface area contributed by atoms with Crippen LogP contribution >= 0.6 is 12.4 Å². The van der Waals surface area contributed by atoms with E-state index in [1.54, 1.807) is 19.9 Å². The third-order valence-electron chi connectivity index (χ3n) is 4.83. The molecule has 0 spiro atoms. The first-order valence-corrected chi connectivity index (χ1v) is 9.89. The molecule has 1 aliphatic rings. The molecule has 1 saturated heterocycles. The summed E-state index contributed by atoms with van der Waals surface area (Å²) in [5, 5.41) is 14.3. The molecule has 10 heteroatoms. The van der Waals surface area contributed by atoms with Gasteiger partial charge in [-0.25, -0.2) is 12.8 Å². The highest BCUT2D eigenvalue weighted by Crippen LogP contribution is 2.33. The van der Waals surface area contributed by atoms with Crippen molar-refractivity contribution < 1.29 is 17.7 Å². The lowest BCUT2D eigenvalue weighted by atomic mass is 10.1. The molecule has 152 valence electrons. The summed E-state index contributed by atoms with van der Waals surface area (Å²) in [6.45, 7) is 4.23. The van der Waals surface area contributed by atoms with Gasteiger partial charge in [0.25, 0.3) is 5.69 Å². The van der Waals surface area contributed by atoms with Gasteiger partial charge in [0.2, 0.25) is 10.0 Å². The minimum Gasteiger partial charge on any atom is -0.313 e. The Kier molecular flexibility index (Phi) is 6.76. The average Bonchev–Trinajstić information content (AvgIpc) is 2.63. The van der Waals surface area contributed by atoms with Crippen LogP contribution in [0, 0.1) is 29.8 Å². The van der Waals surface area contributed by atoms with E-state index in [0.717, 1.165) is 6.07 Å². The fourth-order valence-corrected chi connectivity index (χ4v) is 5.21. The molecule has 1 N–H and O–H groups in total. The Morgan fingerprint density at radius 3 is 2.61 bits per heavy atom. The molecule has 0 saturated carbocycles. The van der Waals surface area contributed by atoms with E-state index in [1.165, 1.54) is 28.6 Å². The van der Waals surface area contributed by atoms with Crippen molar-refractivity contribution in [1.29, 1.82) is 0 Å². The van der Waals surface area contributed by atoms with E-state index in [-0.39, 0.29) is 29.5 Å². The maximum Gasteiger partial charge on any atom is 0.271 e. The molecular formula is C18H21ClFN3O4S. The smallest absolute Gasteiger partial charge is 0.271 e. The highest BCUT2D eigenvalue weighted by Gasteiger charge is 2.36. The summed E-state index contributed by atoms with van der Waals surface area (Å²) in [5.41, 5.74) is 1.26. The summed E-state index contributed by atoms with van der Waals surface area (Å²) < 4.78 is 41.7. The monoisotopic (exact) mass is 429 g/mol. The first kappa shape index (κ1) is 22.2. The first-order chi connectivity index (χ1) is 12.7. The molecule has 1 heterocycles. The molecule has 7 nitrogen and oxygen atoms in total. The van der Waals surface area contributed by atoms with Crippen molar-refractivity contribution in [2.24, 2.45) is 0 Å². The molecule has 2 aromatic rings. The van der Waals surface area contributed by atoms with Crippen molar-refractivity contribution in [3.63, 3.8) is 0 Å². The van der Waals surface area contributed by atoms with Crippen molar-refractivity contribution in [1.82, 2.24) is 9.62 Å². The number of rotatable bonds is 4. The summed E-state index contributed by atoms with van der Waals surface area (Å²) >= 11 is 0. The van der Waals surface area contributed by atoms with E-state index >= 15 is 0 Å². The summed E-state index contributed by atoms with van der Waals surface area (Å²) in [6, 6.07) is 7.68. The number of aryl methyl sites for hydroxylation is 1. The van der Waals surface area contributed by atoms with Gasteiger partial charge in [0.15, 0.2) is 0 Å². The molecule has 0 bridgehead atoms. The van der Waals surface area contributed by atoms with Crippen LogP contribution in [-0.4, -0.2) is 37.3 Å². The van der Waals surface area contributed by atoms with Gasteiger partial charge >= 0.3 is 0 Å². The van der Waals surface area contributed by atoms with Crippen LogP contribution in [-0.2, 0) is 10.0 Å². The molecule has 0 amide bonds. The molecule has 0 radical (unpaired) electrons. The first-order valence-electron chi connectivity index (χ1n) is 8.45. The van der Waals surface area contributed by atoms with Gasteiger partial charge < -0.3 is 5.32 Å². The molecule has 1 atom stereocenters. The van der Waals surface area contributed by atoms with E-state index in [0.29, 0.717) is 29.8 Å². The fourth-order valence-electron chi connectivity index (χ4n) is 3.28. The number of nitro groups is 1. The number of halogens is 2. The molecule has 1 unspecified atom stereocenters. The number of sulfonamides is 1. The maximum atomic E-state index is 13.7. The van der Waals surface area contributed by atoms with Crippen LogP contribution in [0.2, 0.25) is 0 Å². The molecule has 3 rings (SSSR count). The Bertz CT molecular complexity index is 1000. The molecule has 1 aliphatic heterocycles. The fraction of sp³-hybridized carbons (Fsp3) is 0.333. The Hall–Kier alpha value is -2.07. The highest BCUT2D eigenvalue weighted by atomic mass is 35.5. The summed E-state index contributed by atoms with van der Waals surface area (Å²) in [5.74, 6) is -0.446. The van der Waals surface area contributed by atoms with Crippen LogP contribution in [0.15, 0.2) is 41.3 Å². The van der Waals surface area contributed by atoms with Gasteiger partial charge in [0, 0.05) is 31.8 Å². The molecule has 2 aromatic carbocycles. The Labute approximate surface area is 169 Å². The third kappa shape index (κ3) is 4.17. The molecular weight excluding hydrogens is 409 g/mol. The van der Waals surface area contributed by atoms with E-state index < -0.39 is 26.8 Å². The van der Waals surface area contributed by atoms with Crippen LogP contribution in [0.4, 0.5) is 10.1 Å². The zero-order valence-corrected chi connectivity index (χ0v) is 17.0. The quantitative estimate of drug-likeness (QED) is 0.595. The van der Waals surface area contributed by atoms with Gasteiger partial charge in [-0.3, -0.25) is 10.1 Å². The predicted octanol–water partition coefficient (Wildman–Crippen LogP) is 3.11. The zero-order valence-electron chi connectivity index (χ0n) is 15.4. The van der Waals surface area contributed by atoms with Crippen molar-refractivity contribution in [3.8, 4) is 0 Å². The summed E-state index contributed by atoms with van der Waals surface area (Å²) in [7, 11) is -4.01. The van der Waals surface area contributed by atoms with E-state index in [4.69, 9.17) is 0 Å². The summed E-state index contributed by atoms with van der Waals surface area (Å²) in [6.07, 6.45) is 0. The average molecular weight is 430 g/mol. The number of non-ortho nitro benzene ring substituents is 1. The van der Waals surface area contributed by atoms with Gasteiger partial charge in [-0.15, -0.1) is 12.4 Å². The number of piperazine rings is 1. The van der Waals surface area contributed by atoms with Crippen molar-refractivity contribution >= 4 is 28.1 Å². The lowest BCUT2D eigenvalue weighted by Gasteiger charge is -2.35. The Morgan fingerprint density at radius 1 is 1.25 bits per heavy atom. The van der Waals surface area contributed by atoms with Gasteiger partial charge in [0.05, 0.1) is 15.9 Å². The van der Waals surface area contributed by atoms with Gasteiger partial charge in [0.1, 0.15) is 5.82 Å². The van der Waals surface area contributed by atoms with Crippen LogP contribution in [0.25, 0.3) is 0 Å². The lowest BCUT2D eigenvalue weighted by molar-refractivity contribution is -0.385. The minimum absolute atomic E-state index is 0. The van der Waals surface area contributed by atoms with E-state index in [1.807, 2.05) is 0 Å². The number of hydrogen-bond acceptors (Lipinski definition) is 5. The Balaban J connectivity index is 0.00000280. The van der Waals surface area contributed by atoms with Gasteiger partial charge in [-0.2, -0.15) is 4.31 Å². The second kappa shape index (κ2) is 8.52. The number of nitro benzene ring substituents is 1. The second-order valence-electron chi connectivity index (χ2n) is 6.53. The van der Waals surface area contributed by atoms with Crippen LogP contribution in [0.1, 0.15) is 22.7 Å². The highest BCUT2D eigenvalue weighted by molar-refractivity contribution is 7.89. The second-order valence-corrected chi connectivity index (χ2v) is 8.39. The van der Waals surface area contributed by atoms with Crippen LogP contribution in [0.5, 0.6) is 0 Å². The van der Waals surface area contributed by atoms with Gasteiger partial charge in [-0.1, -0.05) is 12.1 Å². The number of hydrogen-bond donors (Lipinski definition) is 1. The van der Waals surface area contributed by atoms with Crippen molar-refractivity contribution in [2.75, 3.05) is 19.6 Å². The van der Waals surface area contributed by atoms with E-state index in [2.05, 4.69) is 5.32 Å². The number of nitrogens with zero attached hydrogens (tertiary/aromatic N) is 2. The molecule has 0 aromatic heterocycles. The van der Waals surface area contributed by atoms with Crippen molar-refractivity contribution in [2.45, 2.75) is 24.8 Å².